The van der Waals surface area contributed by atoms with Crippen LogP contribution < -0.4 is 5.32 Å². The van der Waals surface area contributed by atoms with Gasteiger partial charge in [-0.05, 0) is 58.7 Å². The lowest BCUT2D eigenvalue weighted by atomic mass is 10.3. The van der Waals surface area contributed by atoms with Crippen molar-refractivity contribution in [2.24, 2.45) is 0 Å². The third-order valence-electron chi connectivity index (χ3n) is 3.18. The lowest BCUT2D eigenvalue weighted by Gasteiger charge is -2.09. The summed E-state index contributed by atoms with van der Waals surface area (Å²) in [5.41, 5.74) is 1.27. The molecule has 2 rings (SSSR count). The van der Waals surface area contributed by atoms with Crippen molar-refractivity contribution in [3.63, 3.8) is 0 Å². The summed E-state index contributed by atoms with van der Waals surface area (Å²) < 4.78 is 2.75. The first-order valence-corrected chi connectivity index (χ1v) is 8.10. The van der Waals surface area contributed by atoms with E-state index in [0.29, 0.717) is 16.0 Å². The molecule has 2 heterocycles. The van der Waals surface area contributed by atoms with Crippen molar-refractivity contribution in [3.05, 3.63) is 42.2 Å². The summed E-state index contributed by atoms with van der Waals surface area (Å²) in [5, 5.41) is 17.7. The van der Waals surface area contributed by atoms with Crippen LogP contribution in [0.2, 0.25) is 0 Å². The summed E-state index contributed by atoms with van der Waals surface area (Å²) in [5.74, 6) is 0.00662. The highest BCUT2D eigenvalue weighted by molar-refractivity contribution is 9.11. The molecule has 122 valence electrons. The number of halogens is 2. The van der Waals surface area contributed by atoms with E-state index in [0.717, 1.165) is 10.2 Å². The maximum Gasteiger partial charge on any atom is 0.312 e. The molecule has 0 aromatic carbocycles. The van der Waals surface area contributed by atoms with Gasteiger partial charge in [0.05, 0.1) is 15.1 Å². The van der Waals surface area contributed by atoms with E-state index in [4.69, 9.17) is 0 Å². The Morgan fingerprint density at radius 2 is 1.96 bits per heavy atom. The number of anilines is 1. The Morgan fingerprint density at radius 3 is 2.52 bits per heavy atom. The molecule has 8 nitrogen and oxygen atoms in total. The molecule has 0 aliphatic heterocycles. The van der Waals surface area contributed by atoms with Gasteiger partial charge >= 0.3 is 5.69 Å². The Hall–Kier alpha value is -1.81. The first-order valence-electron chi connectivity index (χ1n) is 6.51. The van der Waals surface area contributed by atoms with E-state index in [1.807, 2.05) is 0 Å². The van der Waals surface area contributed by atoms with Gasteiger partial charge in [-0.3, -0.25) is 19.6 Å². The number of nitrogens with one attached hydrogen (secondary N) is 1. The Morgan fingerprint density at radius 1 is 1.30 bits per heavy atom. The van der Waals surface area contributed by atoms with Gasteiger partial charge in [0.2, 0.25) is 5.91 Å². The summed E-state index contributed by atoms with van der Waals surface area (Å²) in [6.07, 6.45) is 0. The number of nitrogens with zero attached hydrogens (tertiary/aromatic N) is 4. The number of nitro groups is 1. The lowest BCUT2D eigenvalue weighted by molar-refractivity contribution is -0.386. The highest BCUT2D eigenvalue weighted by atomic mass is 79.9. The van der Waals surface area contributed by atoms with Crippen molar-refractivity contribution < 1.29 is 9.72 Å². The summed E-state index contributed by atoms with van der Waals surface area (Å²) in [6, 6.07) is 1.78. The number of rotatable bonds is 4. The van der Waals surface area contributed by atoms with Crippen LogP contribution in [0.3, 0.4) is 0 Å². The molecule has 0 atom stereocenters. The number of carbonyl (C=O) groups excluding carboxylic acids is 1. The molecule has 0 saturated heterocycles. The van der Waals surface area contributed by atoms with Crippen molar-refractivity contribution in [1.82, 2.24) is 14.8 Å². The van der Waals surface area contributed by atoms with Crippen LogP contribution in [0, 0.1) is 30.9 Å². The van der Waals surface area contributed by atoms with Crippen molar-refractivity contribution >= 4 is 49.3 Å². The van der Waals surface area contributed by atoms with E-state index < -0.39 is 4.92 Å². The number of amides is 1. The fraction of sp³-hybridized carbons (Fsp3) is 0.308. The molecule has 0 saturated carbocycles. The predicted octanol–water partition coefficient (Wildman–Crippen LogP) is 3.28. The Labute approximate surface area is 148 Å². The van der Waals surface area contributed by atoms with Crippen molar-refractivity contribution in [2.45, 2.75) is 27.3 Å². The average Bonchev–Trinajstić information content (AvgIpc) is 2.70. The molecular formula is C13H13Br2N5O3. The largest absolute Gasteiger partial charge is 0.312 e. The third kappa shape index (κ3) is 3.75. The van der Waals surface area contributed by atoms with Gasteiger partial charge in [0.15, 0.2) is 0 Å². The summed E-state index contributed by atoms with van der Waals surface area (Å²) in [6.45, 7) is 4.76. The highest BCUT2D eigenvalue weighted by Gasteiger charge is 2.23. The van der Waals surface area contributed by atoms with Gasteiger partial charge in [0.25, 0.3) is 0 Å². The molecule has 0 radical (unpaired) electrons. The van der Waals surface area contributed by atoms with Gasteiger partial charge < -0.3 is 5.32 Å². The number of hydrogen-bond donors (Lipinski definition) is 1. The molecular weight excluding hydrogens is 434 g/mol. The molecule has 0 spiro atoms. The number of pyridine rings is 1. The zero-order valence-corrected chi connectivity index (χ0v) is 15.7. The fourth-order valence-corrected chi connectivity index (χ4v) is 3.10. The highest BCUT2D eigenvalue weighted by Crippen LogP contribution is 2.26. The molecule has 0 aliphatic carbocycles. The van der Waals surface area contributed by atoms with Crippen molar-refractivity contribution in [3.8, 4) is 0 Å². The normalized spacial score (nSPS) is 10.7. The van der Waals surface area contributed by atoms with Crippen LogP contribution in [0.25, 0.3) is 0 Å². The molecule has 1 N–H and O–H groups in total. The van der Waals surface area contributed by atoms with Crippen LogP contribution in [-0.4, -0.2) is 25.6 Å². The van der Waals surface area contributed by atoms with Gasteiger partial charge in [-0.25, -0.2) is 4.98 Å². The zero-order valence-electron chi connectivity index (χ0n) is 12.6. The molecule has 2 aromatic rings. The Bertz CT molecular complexity index is 803. The molecule has 0 aliphatic rings. The van der Waals surface area contributed by atoms with E-state index in [2.05, 4.69) is 47.3 Å². The van der Waals surface area contributed by atoms with Crippen molar-refractivity contribution in [1.29, 1.82) is 0 Å². The minimum atomic E-state index is -0.498. The number of hydrogen-bond acceptors (Lipinski definition) is 5. The lowest BCUT2D eigenvalue weighted by Crippen LogP contribution is -2.21. The maximum absolute atomic E-state index is 12.2. The van der Waals surface area contributed by atoms with Gasteiger partial charge in [-0.2, -0.15) is 5.10 Å². The van der Waals surface area contributed by atoms with Crippen molar-refractivity contribution in [2.75, 3.05) is 5.32 Å². The standard InChI is InChI=1S/C13H13Br2N5O3/c1-6-9(14)4-10(15)13(16-6)17-11(21)5-19-8(3)12(20(22)23)7(2)18-19/h4H,5H2,1-3H3,(H,16,17,21). The van der Waals surface area contributed by atoms with E-state index in [9.17, 15) is 14.9 Å². The third-order valence-corrected chi connectivity index (χ3v) is 4.59. The monoisotopic (exact) mass is 445 g/mol. The van der Waals surface area contributed by atoms with Crippen LogP contribution in [0.5, 0.6) is 0 Å². The van der Waals surface area contributed by atoms with Crippen LogP contribution in [0.15, 0.2) is 15.0 Å². The van der Waals surface area contributed by atoms with E-state index in [-0.39, 0.29) is 23.8 Å². The van der Waals surface area contributed by atoms with Crippen LogP contribution in [0.4, 0.5) is 11.5 Å². The topological polar surface area (TPSA) is 103 Å². The predicted molar refractivity (Wildman–Crippen MR) is 91.4 cm³/mol. The number of carbonyl (C=O) groups is 1. The number of aromatic nitrogens is 3. The second-order valence-corrected chi connectivity index (χ2v) is 6.58. The minimum Gasteiger partial charge on any atom is -0.308 e. The number of aryl methyl sites for hydroxylation is 2. The molecule has 23 heavy (non-hydrogen) atoms. The summed E-state index contributed by atoms with van der Waals surface area (Å²) >= 11 is 6.68. The quantitative estimate of drug-likeness (QED) is 0.573. The maximum atomic E-state index is 12.2. The fourth-order valence-electron chi connectivity index (χ4n) is 2.06. The van der Waals surface area contributed by atoms with E-state index in [1.165, 1.54) is 11.6 Å². The molecule has 2 aromatic heterocycles. The second-order valence-electron chi connectivity index (χ2n) is 4.87. The van der Waals surface area contributed by atoms with Crippen LogP contribution in [0.1, 0.15) is 17.1 Å². The Kier molecular flexibility index (Phi) is 5.15. The van der Waals surface area contributed by atoms with Gasteiger partial charge in [0.1, 0.15) is 23.8 Å². The smallest absolute Gasteiger partial charge is 0.308 e. The first kappa shape index (κ1) is 17.5. The van der Waals surface area contributed by atoms with Gasteiger partial charge in [-0.1, -0.05) is 0 Å². The SMILES string of the molecule is Cc1nc(NC(=O)Cn2nc(C)c([N+](=O)[O-])c2C)c(Br)cc1Br. The second kappa shape index (κ2) is 6.75. The molecule has 0 unspecified atom stereocenters. The summed E-state index contributed by atoms with van der Waals surface area (Å²) in [7, 11) is 0. The Balaban J connectivity index is 2.19. The minimum absolute atomic E-state index is 0.0726. The van der Waals surface area contributed by atoms with E-state index in [1.54, 1.807) is 19.9 Å². The molecule has 1 amide bonds. The van der Waals surface area contributed by atoms with Gasteiger partial charge in [-0.15, -0.1) is 0 Å². The zero-order chi connectivity index (χ0) is 17.3. The average molecular weight is 447 g/mol. The first-order chi connectivity index (χ1) is 10.7. The molecule has 10 heteroatoms. The molecule has 0 bridgehead atoms. The molecule has 0 fully saturated rings. The van der Waals surface area contributed by atoms with Crippen LogP contribution >= 0.6 is 31.9 Å². The van der Waals surface area contributed by atoms with E-state index >= 15 is 0 Å². The summed E-state index contributed by atoms with van der Waals surface area (Å²) in [4.78, 5) is 26.9. The van der Waals surface area contributed by atoms with Gasteiger partial charge in [0, 0.05) is 4.47 Å². The van der Waals surface area contributed by atoms with Crippen LogP contribution in [-0.2, 0) is 11.3 Å².